The molecule has 12 heavy (non-hydrogen) atoms. The first-order valence-electron chi connectivity index (χ1n) is 4.46. The molecule has 0 atom stereocenters. The van der Waals surface area contributed by atoms with E-state index in [0.29, 0.717) is 0 Å². The predicted octanol–water partition coefficient (Wildman–Crippen LogP) is 3.69. The lowest BCUT2D eigenvalue weighted by molar-refractivity contribution is 0.912. The highest BCUT2D eigenvalue weighted by molar-refractivity contribution is 5.51. The standard InChI is InChI=1S/C12H15/c1-3-7-11(2)10-12-8-5-4-6-9-12/h5-6,8-10H,3,7H2,1-2H3. The van der Waals surface area contributed by atoms with E-state index in [0.717, 1.165) is 0 Å². The number of hydrogen-bond acceptors (Lipinski definition) is 0. The van der Waals surface area contributed by atoms with E-state index in [9.17, 15) is 0 Å². The van der Waals surface area contributed by atoms with Gasteiger partial charge in [0.1, 0.15) is 0 Å². The highest BCUT2D eigenvalue weighted by Gasteiger charge is 1.88. The first-order valence-corrected chi connectivity index (χ1v) is 4.46. The summed E-state index contributed by atoms with van der Waals surface area (Å²) in [5, 5.41) is 0. The molecule has 0 aliphatic heterocycles. The summed E-state index contributed by atoms with van der Waals surface area (Å²) in [5.74, 6) is 0. The lowest BCUT2D eigenvalue weighted by Crippen LogP contribution is -1.76. The van der Waals surface area contributed by atoms with Crippen molar-refractivity contribution < 1.29 is 0 Å². The van der Waals surface area contributed by atoms with Gasteiger partial charge >= 0.3 is 0 Å². The molecule has 1 aromatic rings. The van der Waals surface area contributed by atoms with Gasteiger partial charge < -0.3 is 0 Å². The number of allylic oxidation sites excluding steroid dienone is 1. The third-order valence-corrected chi connectivity index (χ3v) is 1.80. The molecule has 1 rings (SSSR count). The molecule has 0 unspecified atom stereocenters. The van der Waals surface area contributed by atoms with Crippen molar-refractivity contribution in [2.75, 3.05) is 0 Å². The van der Waals surface area contributed by atoms with Crippen LogP contribution in [0.3, 0.4) is 0 Å². The van der Waals surface area contributed by atoms with E-state index in [1.165, 1.54) is 24.0 Å². The highest BCUT2D eigenvalue weighted by atomic mass is 13.9. The Balaban J connectivity index is 2.67. The molecule has 0 heterocycles. The fourth-order valence-electron chi connectivity index (χ4n) is 1.25. The zero-order chi connectivity index (χ0) is 8.81. The van der Waals surface area contributed by atoms with Crippen molar-refractivity contribution in [3.05, 3.63) is 41.5 Å². The SMILES string of the molecule is CCCC(C)=Cc1cc[c]cc1. The van der Waals surface area contributed by atoms with Gasteiger partial charge in [-0.15, -0.1) is 0 Å². The largest absolute Gasteiger partial charge is 0.0727 e. The van der Waals surface area contributed by atoms with Gasteiger partial charge in [-0.2, -0.15) is 0 Å². The molecule has 0 fully saturated rings. The Hall–Kier alpha value is -1.04. The average molecular weight is 159 g/mol. The van der Waals surface area contributed by atoms with Crippen LogP contribution in [0.5, 0.6) is 0 Å². The normalized spacial score (nSPS) is 11.7. The Labute approximate surface area is 74.9 Å². The van der Waals surface area contributed by atoms with E-state index in [2.05, 4.69) is 38.1 Å². The Morgan fingerprint density at radius 3 is 2.67 bits per heavy atom. The third kappa shape index (κ3) is 2.91. The van der Waals surface area contributed by atoms with Crippen molar-refractivity contribution in [1.82, 2.24) is 0 Å². The predicted molar refractivity (Wildman–Crippen MR) is 53.8 cm³/mol. The van der Waals surface area contributed by atoms with Gasteiger partial charge in [-0.1, -0.05) is 49.3 Å². The van der Waals surface area contributed by atoms with E-state index in [1.54, 1.807) is 0 Å². The van der Waals surface area contributed by atoms with Crippen LogP contribution in [0.1, 0.15) is 32.3 Å². The summed E-state index contributed by atoms with van der Waals surface area (Å²) in [7, 11) is 0. The third-order valence-electron chi connectivity index (χ3n) is 1.80. The molecule has 0 bridgehead atoms. The van der Waals surface area contributed by atoms with Crippen LogP contribution < -0.4 is 0 Å². The topological polar surface area (TPSA) is 0 Å². The van der Waals surface area contributed by atoms with Crippen LogP contribution in [0, 0.1) is 6.07 Å². The van der Waals surface area contributed by atoms with Crippen LogP contribution in [0.4, 0.5) is 0 Å². The van der Waals surface area contributed by atoms with Gasteiger partial charge in [0, 0.05) is 0 Å². The molecule has 1 aromatic carbocycles. The summed E-state index contributed by atoms with van der Waals surface area (Å²) in [6.45, 7) is 4.39. The fourth-order valence-corrected chi connectivity index (χ4v) is 1.25. The minimum absolute atomic E-state index is 1.19. The maximum atomic E-state index is 3.01. The molecule has 63 valence electrons. The molecule has 1 radical (unpaired) electrons. The molecule has 0 aliphatic carbocycles. The quantitative estimate of drug-likeness (QED) is 0.631. The molecule has 0 saturated heterocycles. The van der Waals surface area contributed by atoms with Gasteiger partial charge in [0.2, 0.25) is 0 Å². The van der Waals surface area contributed by atoms with Gasteiger partial charge in [0.15, 0.2) is 0 Å². The van der Waals surface area contributed by atoms with Gasteiger partial charge in [-0.25, -0.2) is 0 Å². The minimum Gasteiger partial charge on any atom is -0.0727 e. The van der Waals surface area contributed by atoms with Crippen LogP contribution in [0.25, 0.3) is 6.08 Å². The summed E-state index contributed by atoms with van der Waals surface area (Å²) in [5.41, 5.74) is 2.73. The van der Waals surface area contributed by atoms with Gasteiger partial charge in [-0.3, -0.25) is 0 Å². The smallest absolute Gasteiger partial charge is 0.0184 e. The summed E-state index contributed by atoms with van der Waals surface area (Å²) >= 11 is 0. The Morgan fingerprint density at radius 1 is 1.42 bits per heavy atom. The van der Waals surface area contributed by atoms with Gasteiger partial charge in [0.25, 0.3) is 0 Å². The van der Waals surface area contributed by atoms with Crippen molar-refractivity contribution in [3.63, 3.8) is 0 Å². The number of benzene rings is 1. The van der Waals surface area contributed by atoms with E-state index in [1.807, 2.05) is 12.1 Å². The monoisotopic (exact) mass is 159 g/mol. The molecule has 0 spiro atoms. The van der Waals surface area contributed by atoms with Crippen molar-refractivity contribution in [3.8, 4) is 0 Å². The zero-order valence-electron chi connectivity index (χ0n) is 7.80. The number of rotatable bonds is 3. The lowest BCUT2D eigenvalue weighted by atomic mass is 10.1. The van der Waals surface area contributed by atoms with Crippen LogP contribution in [-0.2, 0) is 0 Å². The van der Waals surface area contributed by atoms with Crippen molar-refractivity contribution in [1.29, 1.82) is 0 Å². The first kappa shape index (κ1) is 9.05. The zero-order valence-corrected chi connectivity index (χ0v) is 7.80. The molecule has 0 heteroatoms. The molecule has 0 nitrogen and oxygen atoms in total. The highest BCUT2D eigenvalue weighted by Crippen LogP contribution is 2.09. The maximum absolute atomic E-state index is 3.01. The van der Waals surface area contributed by atoms with Crippen molar-refractivity contribution in [2.45, 2.75) is 26.7 Å². The molecule has 0 N–H and O–H groups in total. The van der Waals surface area contributed by atoms with Gasteiger partial charge in [-0.05, 0) is 25.0 Å². The Kier molecular flexibility index (Phi) is 3.59. The van der Waals surface area contributed by atoms with Gasteiger partial charge in [0.05, 0.1) is 0 Å². The van der Waals surface area contributed by atoms with E-state index >= 15 is 0 Å². The lowest BCUT2D eigenvalue weighted by Gasteiger charge is -1.97. The minimum atomic E-state index is 1.19. The summed E-state index contributed by atoms with van der Waals surface area (Å²) in [6.07, 6.45) is 4.65. The maximum Gasteiger partial charge on any atom is -0.0184 e. The molecular formula is C12H15. The van der Waals surface area contributed by atoms with E-state index in [4.69, 9.17) is 0 Å². The van der Waals surface area contributed by atoms with Crippen molar-refractivity contribution >= 4 is 6.08 Å². The van der Waals surface area contributed by atoms with Crippen LogP contribution in [0.15, 0.2) is 29.8 Å². The summed E-state index contributed by atoms with van der Waals surface area (Å²) in [4.78, 5) is 0. The molecule has 0 saturated carbocycles. The van der Waals surface area contributed by atoms with Crippen LogP contribution >= 0.6 is 0 Å². The molecular weight excluding hydrogens is 144 g/mol. The first-order chi connectivity index (χ1) is 5.83. The summed E-state index contributed by atoms with van der Waals surface area (Å²) in [6, 6.07) is 11.1. The van der Waals surface area contributed by atoms with E-state index < -0.39 is 0 Å². The molecule has 0 aliphatic rings. The number of hydrogen-bond donors (Lipinski definition) is 0. The van der Waals surface area contributed by atoms with Crippen LogP contribution in [0.2, 0.25) is 0 Å². The molecule has 0 amide bonds. The van der Waals surface area contributed by atoms with Crippen LogP contribution in [-0.4, -0.2) is 0 Å². The second-order valence-electron chi connectivity index (χ2n) is 3.07. The average Bonchev–Trinajstić information content (AvgIpc) is 2.06. The summed E-state index contributed by atoms with van der Waals surface area (Å²) < 4.78 is 0. The van der Waals surface area contributed by atoms with E-state index in [-0.39, 0.29) is 0 Å². The Morgan fingerprint density at radius 2 is 2.08 bits per heavy atom. The second-order valence-corrected chi connectivity index (χ2v) is 3.07. The molecule has 0 aromatic heterocycles. The van der Waals surface area contributed by atoms with Crippen molar-refractivity contribution in [2.24, 2.45) is 0 Å². The second kappa shape index (κ2) is 4.76. The fraction of sp³-hybridized carbons (Fsp3) is 0.333. The Bertz CT molecular complexity index is 244.